The molecule has 1 N–H and O–H groups in total. The Kier molecular flexibility index (Phi) is 5.19. The molecule has 0 aliphatic carbocycles. The topological polar surface area (TPSA) is 58.6 Å². The summed E-state index contributed by atoms with van der Waals surface area (Å²) in [6, 6.07) is 11.0. The number of fused-ring (bicyclic) bond motifs is 1. The maximum atomic E-state index is 12.9. The maximum absolute atomic E-state index is 12.9. The lowest BCUT2D eigenvalue weighted by atomic mass is 10.1. The van der Waals surface area contributed by atoms with E-state index in [1.165, 1.54) is 17.0 Å². The molecular formula is C18H16ClFN2O3. The van der Waals surface area contributed by atoms with Gasteiger partial charge in [-0.15, -0.1) is 0 Å². The molecule has 7 heteroatoms. The van der Waals surface area contributed by atoms with E-state index in [0.717, 1.165) is 5.56 Å². The minimum absolute atomic E-state index is 0.112. The summed E-state index contributed by atoms with van der Waals surface area (Å²) in [5, 5.41) is 3.22. The summed E-state index contributed by atoms with van der Waals surface area (Å²) in [5.74, 6) is -0.370. The van der Waals surface area contributed by atoms with Crippen LogP contribution in [-0.2, 0) is 16.0 Å². The fraction of sp³-hybridized carbons (Fsp3) is 0.222. The van der Waals surface area contributed by atoms with Crippen molar-refractivity contribution in [2.75, 3.05) is 24.6 Å². The minimum Gasteiger partial charge on any atom is -0.482 e. The highest BCUT2D eigenvalue weighted by atomic mass is 35.5. The molecule has 0 saturated heterocycles. The van der Waals surface area contributed by atoms with Crippen molar-refractivity contribution in [1.82, 2.24) is 5.32 Å². The van der Waals surface area contributed by atoms with E-state index in [4.69, 9.17) is 16.3 Å². The van der Waals surface area contributed by atoms with Crippen molar-refractivity contribution in [2.24, 2.45) is 0 Å². The number of nitrogens with one attached hydrogen (secondary N) is 1. The van der Waals surface area contributed by atoms with Crippen molar-refractivity contribution in [2.45, 2.75) is 6.42 Å². The number of benzene rings is 2. The molecule has 0 atom stereocenters. The fourth-order valence-corrected chi connectivity index (χ4v) is 2.71. The molecule has 0 saturated carbocycles. The number of rotatable bonds is 5. The summed E-state index contributed by atoms with van der Waals surface area (Å²) in [6.07, 6.45) is 0.575. The highest BCUT2D eigenvalue weighted by Gasteiger charge is 2.27. The van der Waals surface area contributed by atoms with E-state index in [1.807, 2.05) is 0 Å². The van der Waals surface area contributed by atoms with Gasteiger partial charge in [-0.05, 0) is 42.3 Å². The van der Waals surface area contributed by atoms with Crippen LogP contribution in [-0.4, -0.2) is 31.5 Å². The lowest BCUT2D eigenvalue weighted by molar-refractivity contribution is -0.125. The summed E-state index contributed by atoms with van der Waals surface area (Å²) < 4.78 is 18.2. The molecule has 2 amide bonds. The smallest absolute Gasteiger partial charge is 0.265 e. The van der Waals surface area contributed by atoms with Crippen molar-refractivity contribution in [3.63, 3.8) is 0 Å². The van der Waals surface area contributed by atoms with E-state index in [9.17, 15) is 14.0 Å². The van der Waals surface area contributed by atoms with Gasteiger partial charge in [0.2, 0.25) is 5.91 Å². The van der Waals surface area contributed by atoms with Gasteiger partial charge in [0, 0.05) is 11.6 Å². The molecule has 2 aromatic carbocycles. The van der Waals surface area contributed by atoms with Crippen LogP contribution in [0, 0.1) is 5.82 Å². The molecule has 0 bridgehead atoms. The van der Waals surface area contributed by atoms with E-state index >= 15 is 0 Å². The first-order valence-corrected chi connectivity index (χ1v) is 8.14. The van der Waals surface area contributed by atoms with Crippen LogP contribution in [0.1, 0.15) is 5.56 Å². The lowest BCUT2D eigenvalue weighted by Crippen LogP contribution is -2.45. The molecule has 5 nitrogen and oxygen atoms in total. The molecule has 3 rings (SSSR count). The molecule has 1 heterocycles. The zero-order valence-electron chi connectivity index (χ0n) is 13.3. The Morgan fingerprint density at radius 1 is 1.24 bits per heavy atom. The van der Waals surface area contributed by atoms with Crippen LogP contribution >= 0.6 is 11.6 Å². The highest BCUT2D eigenvalue weighted by molar-refractivity contribution is 6.31. The van der Waals surface area contributed by atoms with Crippen LogP contribution in [0.25, 0.3) is 0 Å². The molecule has 130 valence electrons. The van der Waals surface area contributed by atoms with Crippen LogP contribution < -0.4 is 15.0 Å². The first kappa shape index (κ1) is 17.2. The number of halogens is 2. The van der Waals surface area contributed by atoms with E-state index in [-0.39, 0.29) is 30.8 Å². The van der Waals surface area contributed by atoms with Crippen molar-refractivity contribution in [1.29, 1.82) is 0 Å². The van der Waals surface area contributed by atoms with Crippen LogP contribution in [0.4, 0.5) is 10.1 Å². The van der Waals surface area contributed by atoms with E-state index in [0.29, 0.717) is 29.4 Å². The van der Waals surface area contributed by atoms with E-state index in [2.05, 4.69) is 5.32 Å². The lowest BCUT2D eigenvalue weighted by Gasteiger charge is -2.29. The van der Waals surface area contributed by atoms with E-state index in [1.54, 1.807) is 30.3 Å². The summed E-state index contributed by atoms with van der Waals surface area (Å²) in [4.78, 5) is 25.6. The monoisotopic (exact) mass is 362 g/mol. The Labute approximate surface area is 149 Å². The van der Waals surface area contributed by atoms with Gasteiger partial charge < -0.3 is 10.1 Å². The molecule has 0 radical (unpaired) electrons. The number of carbonyl (C=O) groups is 2. The van der Waals surface area contributed by atoms with E-state index < -0.39 is 0 Å². The van der Waals surface area contributed by atoms with Gasteiger partial charge in [0.25, 0.3) is 5.91 Å². The molecule has 1 aliphatic rings. The Hall–Kier alpha value is -2.60. The first-order valence-electron chi connectivity index (χ1n) is 7.77. The number of carbonyl (C=O) groups excluding carboxylic acids is 2. The van der Waals surface area contributed by atoms with Crippen molar-refractivity contribution >= 4 is 29.1 Å². The fourth-order valence-electron chi connectivity index (χ4n) is 2.55. The van der Waals surface area contributed by atoms with Crippen LogP contribution in [0.3, 0.4) is 0 Å². The second-order valence-electron chi connectivity index (χ2n) is 5.61. The zero-order chi connectivity index (χ0) is 17.8. The minimum atomic E-state index is -0.302. The molecule has 2 aromatic rings. The quantitative estimate of drug-likeness (QED) is 0.889. The number of ether oxygens (including phenoxy) is 1. The maximum Gasteiger partial charge on any atom is 0.265 e. The SMILES string of the molecule is O=C(CN1C(=O)COc2ccc(Cl)cc21)NCCc1ccc(F)cc1. The molecule has 25 heavy (non-hydrogen) atoms. The third-order valence-electron chi connectivity index (χ3n) is 3.81. The highest BCUT2D eigenvalue weighted by Crippen LogP contribution is 2.34. The Bertz CT molecular complexity index is 795. The number of amides is 2. The summed E-state index contributed by atoms with van der Waals surface area (Å²) >= 11 is 5.97. The third kappa shape index (κ3) is 4.28. The van der Waals surface area contributed by atoms with Gasteiger partial charge >= 0.3 is 0 Å². The second-order valence-corrected chi connectivity index (χ2v) is 6.04. The summed E-state index contributed by atoms with van der Waals surface area (Å²) in [6.45, 7) is 0.168. The Balaban J connectivity index is 1.58. The number of nitrogens with zero attached hydrogens (tertiary/aromatic N) is 1. The van der Waals surface area contributed by atoms with Gasteiger partial charge in [0.05, 0.1) is 5.69 Å². The van der Waals surface area contributed by atoms with Crippen LogP contribution in [0.15, 0.2) is 42.5 Å². The predicted molar refractivity (Wildman–Crippen MR) is 92.4 cm³/mol. The molecule has 0 spiro atoms. The third-order valence-corrected chi connectivity index (χ3v) is 4.05. The molecule has 0 fully saturated rings. The standard InChI is InChI=1S/C18H16ClFN2O3/c19-13-3-6-16-15(9-13)22(18(24)11-25-16)10-17(23)21-8-7-12-1-4-14(20)5-2-12/h1-6,9H,7-8,10-11H2,(H,21,23). The molecular weight excluding hydrogens is 347 g/mol. The van der Waals surface area contributed by atoms with Crippen molar-refractivity contribution in [3.05, 3.63) is 58.9 Å². The normalized spacial score (nSPS) is 13.2. The zero-order valence-corrected chi connectivity index (χ0v) is 14.1. The molecule has 0 aromatic heterocycles. The first-order chi connectivity index (χ1) is 12.0. The predicted octanol–water partition coefficient (Wildman–Crippen LogP) is 2.56. The van der Waals surface area contributed by atoms with Crippen molar-refractivity contribution in [3.8, 4) is 5.75 Å². The van der Waals surface area contributed by atoms with Gasteiger partial charge in [-0.3, -0.25) is 14.5 Å². The Morgan fingerprint density at radius 3 is 2.76 bits per heavy atom. The average molecular weight is 363 g/mol. The Morgan fingerprint density at radius 2 is 2.00 bits per heavy atom. The van der Waals surface area contributed by atoms with Crippen LogP contribution in [0.2, 0.25) is 5.02 Å². The van der Waals surface area contributed by atoms with Crippen LogP contribution in [0.5, 0.6) is 5.75 Å². The van der Waals surface area contributed by atoms with Gasteiger partial charge in [-0.25, -0.2) is 4.39 Å². The number of hydrogen-bond acceptors (Lipinski definition) is 3. The average Bonchev–Trinajstić information content (AvgIpc) is 2.59. The molecule has 0 unspecified atom stereocenters. The summed E-state index contributed by atoms with van der Waals surface area (Å²) in [7, 11) is 0. The molecule has 1 aliphatic heterocycles. The number of hydrogen-bond donors (Lipinski definition) is 1. The largest absolute Gasteiger partial charge is 0.482 e. The number of anilines is 1. The summed E-state index contributed by atoms with van der Waals surface area (Å²) in [5.41, 5.74) is 1.40. The van der Waals surface area contributed by atoms with Gasteiger partial charge in [-0.1, -0.05) is 23.7 Å². The van der Waals surface area contributed by atoms with Gasteiger partial charge in [0.1, 0.15) is 18.1 Å². The van der Waals surface area contributed by atoms with Crippen molar-refractivity contribution < 1.29 is 18.7 Å². The van der Waals surface area contributed by atoms with Gasteiger partial charge in [-0.2, -0.15) is 0 Å². The second kappa shape index (κ2) is 7.53. The van der Waals surface area contributed by atoms with Gasteiger partial charge in [0.15, 0.2) is 6.61 Å².